The van der Waals surface area contributed by atoms with Crippen molar-refractivity contribution in [2.75, 3.05) is 7.05 Å². The van der Waals surface area contributed by atoms with Crippen LogP contribution in [0.25, 0.3) is 0 Å². The second-order valence-electron chi connectivity index (χ2n) is 3.47. The first-order valence-electron chi connectivity index (χ1n) is 4.57. The first-order valence-corrected chi connectivity index (χ1v) is 4.57. The predicted octanol–water partition coefficient (Wildman–Crippen LogP) is 3.34. The van der Waals surface area contributed by atoms with Gasteiger partial charge in [-0.25, -0.2) is 4.39 Å². The Morgan fingerprint density at radius 2 is 1.88 bits per heavy atom. The molecule has 0 aliphatic rings. The summed E-state index contributed by atoms with van der Waals surface area (Å²) in [4.78, 5) is 7.04. The van der Waals surface area contributed by atoms with E-state index in [1.165, 1.54) is 19.5 Å². The van der Waals surface area contributed by atoms with Gasteiger partial charge in [-0.2, -0.15) is 13.2 Å². The number of hydrogen-bond acceptors (Lipinski definition) is 2. The van der Waals surface area contributed by atoms with Gasteiger partial charge in [0, 0.05) is 19.5 Å². The first kappa shape index (κ1) is 14.8. The van der Waals surface area contributed by atoms with Gasteiger partial charge in [-0.1, -0.05) is 0 Å². The summed E-state index contributed by atoms with van der Waals surface area (Å²) in [6.45, 7) is 3.69. The van der Waals surface area contributed by atoms with Crippen molar-refractivity contribution in [3.63, 3.8) is 0 Å². The number of rotatable bonds is 5. The lowest BCUT2D eigenvalue weighted by Crippen LogP contribution is -2.37. The van der Waals surface area contributed by atoms with Gasteiger partial charge in [0.1, 0.15) is 0 Å². The van der Waals surface area contributed by atoms with Crippen molar-refractivity contribution in [1.29, 1.82) is 0 Å². The van der Waals surface area contributed by atoms with Gasteiger partial charge in [-0.15, -0.1) is 0 Å². The minimum atomic E-state index is -4.86. The molecular formula is C10H14F4N2. The highest BCUT2D eigenvalue weighted by Crippen LogP contribution is 2.37. The molecule has 0 fully saturated rings. The molecule has 0 N–H and O–H groups in total. The van der Waals surface area contributed by atoms with Gasteiger partial charge in [0.25, 0.3) is 0 Å². The van der Waals surface area contributed by atoms with Crippen molar-refractivity contribution < 1.29 is 17.6 Å². The van der Waals surface area contributed by atoms with Gasteiger partial charge in [-0.3, -0.25) is 9.98 Å². The summed E-state index contributed by atoms with van der Waals surface area (Å²) in [5, 5.41) is 0. The van der Waals surface area contributed by atoms with Crippen LogP contribution in [0.2, 0.25) is 0 Å². The van der Waals surface area contributed by atoms with E-state index in [4.69, 9.17) is 0 Å². The normalized spacial score (nSPS) is 17.5. The minimum absolute atomic E-state index is 0.0944. The van der Waals surface area contributed by atoms with E-state index >= 15 is 0 Å². The molecule has 16 heavy (non-hydrogen) atoms. The summed E-state index contributed by atoms with van der Waals surface area (Å²) >= 11 is 0. The highest BCUT2D eigenvalue weighted by molar-refractivity contribution is 5.78. The summed E-state index contributed by atoms with van der Waals surface area (Å²) in [6, 6.07) is 0. The van der Waals surface area contributed by atoms with Crippen LogP contribution in [0.4, 0.5) is 17.6 Å². The van der Waals surface area contributed by atoms with Gasteiger partial charge in [0.2, 0.25) is 5.67 Å². The largest absolute Gasteiger partial charge is 0.422 e. The summed E-state index contributed by atoms with van der Waals surface area (Å²) in [5.74, 6) is 0. The molecule has 0 aromatic heterocycles. The van der Waals surface area contributed by atoms with Crippen LogP contribution in [0.3, 0.4) is 0 Å². The molecule has 0 spiro atoms. The van der Waals surface area contributed by atoms with Crippen LogP contribution < -0.4 is 0 Å². The van der Waals surface area contributed by atoms with Gasteiger partial charge in [0.15, 0.2) is 0 Å². The molecule has 0 amide bonds. The Bertz CT molecular complexity index is 290. The fraction of sp³-hybridized carbons (Fsp3) is 0.600. The maximum atomic E-state index is 13.2. The average Bonchev–Trinajstić information content (AvgIpc) is 2.13. The Morgan fingerprint density at radius 1 is 1.31 bits per heavy atom. The molecule has 1 unspecified atom stereocenters. The van der Waals surface area contributed by atoms with Crippen LogP contribution in [0, 0.1) is 0 Å². The molecule has 0 bridgehead atoms. The zero-order valence-electron chi connectivity index (χ0n) is 9.18. The Morgan fingerprint density at radius 3 is 2.25 bits per heavy atom. The molecule has 0 saturated heterocycles. The quantitative estimate of drug-likeness (QED) is 0.518. The van der Waals surface area contributed by atoms with Crippen LogP contribution in [0.1, 0.15) is 19.8 Å². The molecule has 0 aliphatic carbocycles. The number of hydrogen-bond donors (Lipinski definition) is 0. The number of allylic oxidation sites excluding steroid dienone is 1. The van der Waals surface area contributed by atoms with Crippen molar-refractivity contribution in [3.8, 4) is 0 Å². The second-order valence-corrected chi connectivity index (χ2v) is 3.47. The van der Waals surface area contributed by atoms with E-state index in [2.05, 4.69) is 16.7 Å². The molecule has 0 radical (unpaired) electrons. The lowest BCUT2D eigenvalue weighted by molar-refractivity contribution is -0.225. The Labute approximate surface area is 91.8 Å². The van der Waals surface area contributed by atoms with Crippen molar-refractivity contribution in [2.45, 2.75) is 31.6 Å². The summed E-state index contributed by atoms with van der Waals surface area (Å²) in [6.07, 6.45) is -3.02. The van der Waals surface area contributed by atoms with E-state index in [1.807, 2.05) is 0 Å². The van der Waals surface area contributed by atoms with Crippen LogP contribution in [0.5, 0.6) is 0 Å². The topological polar surface area (TPSA) is 24.7 Å². The third-order valence-electron chi connectivity index (χ3n) is 2.03. The fourth-order valence-corrected chi connectivity index (χ4v) is 0.966. The zero-order valence-corrected chi connectivity index (χ0v) is 9.18. The monoisotopic (exact) mass is 238 g/mol. The average molecular weight is 238 g/mol. The van der Waals surface area contributed by atoms with Crippen LogP contribution in [0.15, 0.2) is 21.8 Å². The molecule has 0 heterocycles. The molecule has 1 atom stereocenters. The van der Waals surface area contributed by atoms with Crippen molar-refractivity contribution in [1.82, 2.24) is 0 Å². The Kier molecular flexibility index (Phi) is 5.33. The molecule has 0 aromatic carbocycles. The minimum Gasteiger partial charge on any atom is -0.296 e. The molecule has 0 aromatic rings. The zero-order chi connectivity index (χ0) is 12.8. The van der Waals surface area contributed by atoms with Crippen molar-refractivity contribution >= 4 is 12.9 Å². The Balaban J connectivity index is 4.54. The second kappa shape index (κ2) is 5.77. The van der Waals surface area contributed by atoms with E-state index in [0.29, 0.717) is 12.5 Å². The molecule has 0 aliphatic heterocycles. The van der Waals surface area contributed by atoms with Crippen LogP contribution in [-0.2, 0) is 0 Å². The third-order valence-corrected chi connectivity index (χ3v) is 2.03. The van der Waals surface area contributed by atoms with Crippen molar-refractivity contribution in [3.05, 3.63) is 11.8 Å². The summed E-state index contributed by atoms with van der Waals surface area (Å²) in [5.41, 5.74) is -2.79. The molecule has 6 heteroatoms. The first-order chi connectivity index (χ1) is 7.24. The van der Waals surface area contributed by atoms with Crippen molar-refractivity contribution in [2.24, 2.45) is 9.98 Å². The number of aliphatic imine (C=N–C) groups is 2. The third kappa shape index (κ3) is 4.55. The summed E-state index contributed by atoms with van der Waals surface area (Å²) < 4.78 is 49.8. The standard InChI is InChI=1S/C10H14F4N2/c1-9(11,10(12,13)14)5-4-8(6-15-2)7-16-3/h6-7H,2,4-5H2,1,3H3/b8-6-,16-7?. The van der Waals surface area contributed by atoms with E-state index in [-0.39, 0.29) is 6.42 Å². The predicted molar refractivity (Wildman–Crippen MR) is 56.9 cm³/mol. The number of alkyl halides is 4. The van der Waals surface area contributed by atoms with Gasteiger partial charge >= 0.3 is 6.18 Å². The van der Waals surface area contributed by atoms with E-state index in [1.54, 1.807) is 0 Å². The maximum Gasteiger partial charge on any atom is 0.422 e. The Hall–Kier alpha value is -1.20. The molecule has 0 saturated carbocycles. The smallest absolute Gasteiger partial charge is 0.296 e. The lowest BCUT2D eigenvalue weighted by Gasteiger charge is -2.23. The SMILES string of the molecule is C=N/C=C(\C=NC)CCC(C)(F)C(F)(F)F. The molecular weight excluding hydrogens is 224 g/mol. The fourth-order valence-electron chi connectivity index (χ4n) is 0.966. The van der Waals surface area contributed by atoms with Crippen LogP contribution >= 0.6 is 0 Å². The molecule has 0 rings (SSSR count). The highest BCUT2D eigenvalue weighted by atomic mass is 19.4. The molecule has 92 valence electrons. The summed E-state index contributed by atoms with van der Waals surface area (Å²) in [7, 11) is 1.47. The van der Waals surface area contributed by atoms with E-state index < -0.39 is 18.3 Å². The van der Waals surface area contributed by atoms with Gasteiger partial charge < -0.3 is 0 Å². The van der Waals surface area contributed by atoms with E-state index in [0.717, 1.165) is 0 Å². The van der Waals surface area contributed by atoms with Crippen LogP contribution in [-0.4, -0.2) is 31.8 Å². The molecule has 2 nitrogen and oxygen atoms in total. The van der Waals surface area contributed by atoms with E-state index in [9.17, 15) is 17.6 Å². The van der Waals surface area contributed by atoms with Gasteiger partial charge in [-0.05, 0) is 32.1 Å². The highest BCUT2D eigenvalue weighted by Gasteiger charge is 2.51. The van der Waals surface area contributed by atoms with Gasteiger partial charge in [0.05, 0.1) is 0 Å². The number of nitrogens with zero attached hydrogens (tertiary/aromatic N) is 2. The lowest BCUT2D eigenvalue weighted by atomic mass is 9.98. The number of halogens is 4. The maximum absolute atomic E-state index is 13.2.